The van der Waals surface area contributed by atoms with E-state index in [1.165, 1.54) is 5.56 Å². The quantitative estimate of drug-likeness (QED) is 0.676. The van der Waals surface area contributed by atoms with Crippen molar-refractivity contribution in [3.05, 3.63) is 59.9 Å². The monoisotopic (exact) mass is 378 g/mol. The molecular formula is C23H26N2O3. The van der Waals surface area contributed by atoms with Crippen LogP contribution in [0.4, 0.5) is 5.69 Å². The van der Waals surface area contributed by atoms with Gasteiger partial charge in [0.25, 0.3) is 0 Å². The fourth-order valence-corrected chi connectivity index (χ4v) is 3.85. The number of piperazine rings is 1. The van der Waals surface area contributed by atoms with Gasteiger partial charge in [0.1, 0.15) is 11.3 Å². The Labute approximate surface area is 165 Å². The van der Waals surface area contributed by atoms with Crippen molar-refractivity contribution in [3.8, 4) is 5.75 Å². The zero-order chi connectivity index (χ0) is 19.5. The molecule has 1 aliphatic rings. The second kappa shape index (κ2) is 7.97. The summed E-state index contributed by atoms with van der Waals surface area (Å²) in [6, 6.07) is 14.2. The Bertz CT molecular complexity index is 971. The molecular weight excluding hydrogens is 352 g/mol. The molecule has 3 aromatic rings. The van der Waals surface area contributed by atoms with Crippen molar-refractivity contribution in [2.45, 2.75) is 19.8 Å². The molecule has 1 amide bonds. The molecule has 0 N–H and O–H groups in total. The molecule has 0 unspecified atom stereocenters. The highest BCUT2D eigenvalue weighted by Gasteiger charge is 2.23. The lowest BCUT2D eigenvalue weighted by atomic mass is 10.1. The van der Waals surface area contributed by atoms with Gasteiger partial charge in [0.15, 0.2) is 0 Å². The maximum Gasteiger partial charge on any atom is 0.227 e. The van der Waals surface area contributed by atoms with Gasteiger partial charge in [-0.25, -0.2) is 0 Å². The first kappa shape index (κ1) is 18.4. The minimum Gasteiger partial charge on any atom is -0.495 e. The summed E-state index contributed by atoms with van der Waals surface area (Å²) in [5.74, 6) is 1.03. The summed E-state index contributed by atoms with van der Waals surface area (Å²) in [7, 11) is 1.69. The number of aryl methyl sites for hydroxylation is 1. The highest BCUT2D eigenvalue weighted by molar-refractivity contribution is 5.88. The number of furan rings is 1. The van der Waals surface area contributed by atoms with Gasteiger partial charge in [-0.1, -0.05) is 25.1 Å². The van der Waals surface area contributed by atoms with Crippen LogP contribution in [0.1, 0.15) is 18.1 Å². The van der Waals surface area contributed by atoms with Crippen LogP contribution >= 0.6 is 0 Å². The van der Waals surface area contributed by atoms with Crippen molar-refractivity contribution >= 4 is 22.6 Å². The Kier molecular flexibility index (Phi) is 5.24. The van der Waals surface area contributed by atoms with Crippen molar-refractivity contribution in [2.24, 2.45) is 0 Å². The first-order valence-corrected chi connectivity index (χ1v) is 9.84. The van der Waals surface area contributed by atoms with Crippen LogP contribution in [0.3, 0.4) is 0 Å². The Morgan fingerprint density at radius 2 is 1.89 bits per heavy atom. The topological polar surface area (TPSA) is 45.9 Å². The van der Waals surface area contributed by atoms with E-state index >= 15 is 0 Å². The molecule has 5 heteroatoms. The molecule has 0 spiro atoms. The summed E-state index contributed by atoms with van der Waals surface area (Å²) in [5, 5.41) is 1.06. The molecule has 2 heterocycles. The van der Waals surface area contributed by atoms with Gasteiger partial charge in [0.05, 0.1) is 25.5 Å². The summed E-state index contributed by atoms with van der Waals surface area (Å²) < 4.78 is 11.1. The maximum absolute atomic E-state index is 12.9. The van der Waals surface area contributed by atoms with Gasteiger partial charge in [-0.3, -0.25) is 4.79 Å². The van der Waals surface area contributed by atoms with Crippen molar-refractivity contribution < 1.29 is 13.9 Å². The minimum atomic E-state index is 0.157. The normalized spacial score (nSPS) is 14.5. The number of fused-ring (bicyclic) bond motifs is 1. The van der Waals surface area contributed by atoms with E-state index in [0.717, 1.165) is 47.5 Å². The van der Waals surface area contributed by atoms with Crippen LogP contribution < -0.4 is 9.64 Å². The number of ether oxygens (including phenoxy) is 1. The Morgan fingerprint density at radius 1 is 1.11 bits per heavy atom. The molecule has 4 rings (SSSR count). The molecule has 0 saturated carbocycles. The minimum absolute atomic E-state index is 0.157. The molecule has 5 nitrogen and oxygen atoms in total. The van der Waals surface area contributed by atoms with Crippen LogP contribution in [0.2, 0.25) is 0 Å². The average Bonchev–Trinajstić information content (AvgIpc) is 3.15. The SMILES string of the molecule is CCc1ccc2occ(CC(=O)N3CCN(c4ccccc4OC)CC3)c2c1. The van der Waals surface area contributed by atoms with Crippen molar-refractivity contribution in [2.75, 3.05) is 38.2 Å². The zero-order valence-electron chi connectivity index (χ0n) is 16.5. The lowest BCUT2D eigenvalue weighted by Gasteiger charge is -2.36. The zero-order valence-corrected chi connectivity index (χ0v) is 16.5. The summed E-state index contributed by atoms with van der Waals surface area (Å²) in [6.45, 7) is 5.17. The first-order chi connectivity index (χ1) is 13.7. The second-order valence-corrected chi connectivity index (χ2v) is 7.16. The van der Waals surface area contributed by atoms with Gasteiger partial charge in [0.2, 0.25) is 5.91 Å². The Balaban J connectivity index is 1.42. The fraction of sp³-hybridized carbons (Fsp3) is 0.348. The first-order valence-electron chi connectivity index (χ1n) is 9.84. The van der Waals surface area contributed by atoms with Crippen LogP contribution in [0, 0.1) is 0 Å². The molecule has 0 bridgehead atoms. The van der Waals surface area contributed by atoms with Gasteiger partial charge in [0, 0.05) is 37.1 Å². The predicted octanol–water partition coefficient (Wildman–Crippen LogP) is 3.90. The maximum atomic E-state index is 12.9. The van der Waals surface area contributed by atoms with Crippen LogP contribution in [-0.4, -0.2) is 44.1 Å². The third-order valence-corrected chi connectivity index (χ3v) is 5.53. The molecule has 146 valence electrons. The number of para-hydroxylation sites is 2. The van der Waals surface area contributed by atoms with Crippen LogP contribution in [-0.2, 0) is 17.6 Å². The molecule has 0 radical (unpaired) electrons. The predicted molar refractivity (Wildman–Crippen MR) is 111 cm³/mol. The number of rotatable bonds is 5. The van der Waals surface area contributed by atoms with Gasteiger partial charge in [-0.15, -0.1) is 0 Å². The van der Waals surface area contributed by atoms with Crippen LogP contribution in [0.15, 0.2) is 53.1 Å². The summed E-state index contributed by atoms with van der Waals surface area (Å²) in [6.07, 6.45) is 3.08. The number of amides is 1. The molecule has 1 aromatic heterocycles. The van der Waals surface area contributed by atoms with Gasteiger partial charge < -0.3 is 19.0 Å². The molecule has 1 aliphatic heterocycles. The van der Waals surface area contributed by atoms with E-state index in [1.807, 2.05) is 29.2 Å². The molecule has 28 heavy (non-hydrogen) atoms. The molecule has 1 saturated heterocycles. The van der Waals surface area contributed by atoms with Crippen molar-refractivity contribution in [1.29, 1.82) is 0 Å². The number of hydrogen-bond donors (Lipinski definition) is 0. The highest BCUT2D eigenvalue weighted by Crippen LogP contribution is 2.29. The third-order valence-electron chi connectivity index (χ3n) is 5.53. The molecule has 2 aromatic carbocycles. The molecule has 1 fully saturated rings. The van der Waals surface area contributed by atoms with E-state index in [1.54, 1.807) is 13.4 Å². The van der Waals surface area contributed by atoms with Gasteiger partial charge >= 0.3 is 0 Å². The van der Waals surface area contributed by atoms with Crippen LogP contribution in [0.25, 0.3) is 11.0 Å². The van der Waals surface area contributed by atoms with Gasteiger partial charge in [-0.05, 0) is 36.2 Å². The van der Waals surface area contributed by atoms with E-state index in [4.69, 9.17) is 9.15 Å². The number of hydrogen-bond acceptors (Lipinski definition) is 4. The largest absolute Gasteiger partial charge is 0.495 e. The molecule has 0 atom stereocenters. The fourth-order valence-electron chi connectivity index (χ4n) is 3.85. The summed E-state index contributed by atoms with van der Waals surface area (Å²) in [5.41, 5.74) is 4.17. The van der Waals surface area contributed by atoms with Gasteiger partial charge in [-0.2, -0.15) is 0 Å². The highest BCUT2D eigenvalue weighted by atomic mass is 16.5. The third kappa shape index (κ3) is 3.57. The van der Waals surface area contributed by atoms with E-state index in [0.29, 0.717) is 19.5 Å². The van der Waals surface area contributed by atoms with Crippen LogP contribution in [0.5, 0.6) is 5.75 Å². The lowest BCUT2D eigenvalue weighted by Crippen LogP contribution is -2.49. The van der Waals surface area contributed by atoms with E-state index in [2.05, 4.69) is 30.0 Å². The number of benzene rings is 2. The number of nitrogens with zero attached hydrogens (tertiary/aromatic N) is 2. The number of carbonyl (C=O) groups excluding carboxylic acids is 1. The standard InChI is InChI=1S/C23H26N2O3/c1-3-17-8-9-21-19(14-17)18(16-28-21)15-23(26)25-12-10-24(11-13-25)20-6-4-5-7-22(20)27-2/h4-9,14,16H,3,10-13,15H2,1-2H3. The van der Waals surface area contributed by atoms with E-state index < -0.39 is 0 Å². The number of anilines is 1. The van der Waals surface area contributed by atoms with E-state index in [9.17, 15) is 4.79 Å². The molecule has 0 aliphatic carbocycles. The number of carbonyl (C=O) groups is 1. The average molecular weight is 378 g/mol. The second-order valence-electron chi connectivity index (χ2n) is 7.16. The van der Waals surface area contributed by atoms with Crippen molar-refractivity contribution in [1.82, 2.24) is 4.90 Å². The Hall–Kier alpha value is -2.95. The lowest BCUT2D eigenvalue weighted by molar-refractivity contribution is -0.130. The van der Waals surface area contributed by atoms with E-state index in [-0.39, 0.29) is 5.91 Å². The summed E-state index contributed by atoms with van der Waals surface area (Å²) in [4.78, 5) is 17.1. The van der Waals surface area contributed by atoms with Crippen molar-refractivity contribution in [3.63, 3.8) is 0 Å². The Morgan fingerprint density at radius 3 is 2.64 bits per heavy atom. The smallest absolute Gasteiger partial charge is 0.227 e. The number of methoxy groups -OCH3 is 1. The summed E-state index contributed by atoms with van der Waals surface area (Å²) >= 11 is 0.